The number of aromatic nitrogens is 2. The van der Waals surface area contributed by atoms with Gasteiger partial charge in [-0.1, -0.05) is 30.3 Å². The Labute approximate surface area is 122 Å². The molecule has 1 atom stereocenters. The molecule has 1 unspecified atom stereocenters. The van der Waals surface area contributed by atoms with Crippen LogP contribution in [-0.4, -0.2) is 17.0 Å². The molecule has 3 aromatic rings. The highest BCUT2D eigenvalue weighted by molar-refractivity contribution is 7.18. The van der Waals surface area contributed by atoms with Gasteiger partial charge in [-0.25, -0.2) is 9.97 Å². The van der Waals surface area contributed by atoms with E-state index in [0.29, 0.717) is 0 Å². The molecular formula is C16H17N3S. The Morgan fingerprint density at radius 3 is 2.65 bits per heavy atom. The van der Waals surface area contributed by atoms with Crippen molar-refractivity contribution in [2.45, 2.75) is 19.9 Å². The Balaban J connectivity index is 2.02. The Bertz CT molecular complexity index is 721. The molecule has 0 radical (unpaired) electrons. The molecule has 0 spiro atoms. The number of hydrogen-bond acceptors (Lipinski definition) is 4. The summed E-state index contributed by atoms with van der Waals surface area (Å²) in [6.07, 6.45) is 1.65. The molecule has 20 heavy (non-hydrogen) atoms. The quantitative estimate of drug-likeness (QED) is 0.721. The number of hydrogen-bond donors (Lipinski definition) is 0. The lowest BCUT2D eigenvalue weighted by molar-refractivity contribution is 0.731. The van der Waals surface area contributed by atoms with E-state index in [0.717, 1.165) is 16.0 Å². The van der Waals surface area contributed by atoms with Crippen LogP contribution in [0, 0.1) is 6.92 Å². The number of benzene rings is 1. The van der Waals surface area contributed by atoms with Crippen molar-refractivity contribution in [3.8, 4) is 0 Å². The van der Waals surface area contributed by atoms with Gasteiger partial charge in [-0.3, -0.25) is 0 Å². The second kappa shape index (κ2) is 5.21. The summed E-state index contributed by atoms with van der Waals surface area (Å²) < 4.78 is 0. The Morgan fingerprint density at radius 1 is 1.15 bits per heavy atom. The number of thiophene rings is 1. The van der Waals surface area contributed by atoms with E-state index >= 15 is 0 Å². The van der Waals surface area contributed by atoms with Crippen molar-refractivity contribution >= 4 is 27.4 Å². The zero-order chi connectivity index (χ0) is 14.1. The fraction of sp³-hybridized carbons (Fsp3) is 0.250. The molecule has 1 aromatic carbocycles. The summed E-state index contributed by atoms with van der Waals surface area (Å²) in [6, 6.07) is 12.9. The summed E-state index contributed by atoms with van der Waals surface area (Å²) >= 11 is 1.71. The van der Waals surface area contributed by atoms with Gasteiger partial charge in [0.25, 0.3) is 0 Å². The first-order valence-corrected chi connectivity index (χ1v) is 7.47. The third kappa shape index (κ3) is 2.27. The summed E-state index contributed by atoms with van der Waals surface area (Å²) in [5.41, 5.74) is 1.29. The summed E-state index contributed by atoms with van der Waals surface area (Å²) in [6.45, 7) is 4.30. The minimum Gasteiger partial charge on any atom is -0.352 e. The van der Waals surface area contributed by atoms with Gasteiger partial charge in [0.15, 0.2) is 0 Å². The van der Waals surface area contributed by atoms with E-state index < -0.39 is 0 Å². The fourth-order valence-corrected chi connectivity index (χ4v) is 3.22. The number of anilines is 1. The van der Waals surface area contributed by atoms with Gasteiger partial charge in [0, 0.05) is 11.9 Å². The van der Waals surface area contributed by atoms with Gasteiger partial charge >= 0.3 is 0 Å². The molecule has 3 rings (SSSR count). The molecule has 102 valence electrons. The lowest BCUT2D eigenvalue weighted by atomic mass is 10.1. The molecule has 0 N–H and O–H groups in total. The van der Waals surface area contributed by atoms with Gasteiger partial charge in [0.1, 0.15) is 17.0 Å². The van der Waals surface area contributed by atoms with Crippen LogP contribution in [0.15, 0.2) is 42.7 Å². The van der Waals surface area contributed by atoms with Crippen LogP contribution in [-0.2, 0) is 0 Å². The summed E-state index contributed by atoms with van der Waals surface area (Å²) in [5.74, 6) is 0.996. The van der Waals surface area contributed by atoms with Crippen LogP contribution in [0.4, 0.5) is 5.82 Å². The lowest BCUT2D eigenvalue weighted by Gasteiger charge is -2.26. The standard InChI is InChI=1S/C16H17N3S/c1-11-9-14-15(17-10-18-16(14)20-11)19(3)12(2)13-7-5-4-6-8-13/h4-10,12H,1-3H3. The molecule has 2 aromatic heterocycles. The molecule has 4 heteroatoms. The van der Waals surface area contributed by atoms with Crippen LogP contribution in [0.5, 0.6) is 0 Å². The highest BCUT2D eigenvalue weighted by atomic mass is 32.1. The molecule has 0 aliphatic carbocycles. The SMILES string of the molecule is Cc1cc2c(N(C)C(C)c3ccccc3)ncnc2s1. The maximum absolute atomic E-state index is 4.49. The minimum atomic E-state index is 0.273. The van der Waals surface area contributed by atoms with Crippen molar-refractivity contribution < 1.29 is 0 Å². The average Bonchev–Trinajstić information content (AvgIpc) is 2.86. The predicted octanol–water partition coefficient (Wildman–Crippen LogP) is 4.20. The summed E-state index contributed by atoms with van der Waals surface area (Å²) in [4.78, 5) is 13.4. The zero-order valence-electron chi connectivity index (χ0n) is 11.9. The first-order chi connectivity index (χ1) is 9.66. The monoisotopic (exact) mass is 283 g/mol. The van der Waals surface area contributed by atoms with Crippen LogP contribution in [0.25, 0.3) is 10.2 Å². The second-order valence-corrected chi connectivity index (χ2v) is 6.21. The molecule has 0 aliphatic heterocycles. The van der Waals surface area contributed by atoms with Crippen molar-refractivity contribution in [2.75, 3.05) is 11.9 Å². The number of nitrogens with zero attached hydrogens (tertiary/aromatic N) is 3. The smallest absolute Gasteiger partial charge is 0.141 e. The van der Waals surface area contributed by atoms with Crippen molar-refractivity contribution in [1.82, 2.24) is 9.97 Å². The molecule has 0 aliphatic rings. The van der Waals surface area contributed by atoms with Crippen LogP contribution in [0.1, 0.15) is 23.4 Å². The third-order valence-corrected chi connectivity index (χ3v) is 4.59. The van der Waals surface area contributed by atoms with Crippen molar-refractivity contribution in [3.05, 3.63) is 53.2 Å². The molecule has 0 amide bonds. The largest absolute Gasteiger partial charge is 0.352 e. The maximum Gasteiger partial charge on any atom is 0.141 e. The predicted molar refractivity (Wildman–Crippen MR) is 85.4 cm³/mol. The Kier molecular flexibility index (Phi) is 3.40. The van der Waals surface area contributed by atoms with Gasteiger partial charge in [0.05, 0.1) is 11.4 Å². The Morgan fingerprint density at radius 2 is 1.90 bits per heavy atom. The lowest BCUT2D eigenvalue weighted by Crippen LogP contribution is -2.22. The molecule has 0 bridgehead atoms. The Hall–Kier alpha value is -1.94. The van der Waals surface area contributed by atoms with Gasteiger partial charge in [-0.2, -0.15) is 0 Å². The first kappa shape index (κ1) is 13.1. The second-order valence-electron chi connectivity index (χ2n) is 4.97. The van der Waals surface area contributed by atoms with E-state index in [4.69, 9.17) is 0 Å². The first-order valence-electron chi connectivity index (χ1n) is 6.65. The maximum atomic E-state index is 4.49. The summed E-state index contributed by atoms with van der Waals surface area (Å²) in [5, 5.41) is 1.14. The van der Waals surface area contributed by atoms with Crippen LogP contribution in [0.2, 0.25) is 0 Å². The van der Waals surface area contributed by atoms with Crippen LogP contribution in [0.3, 0.4) is 0 Å². The minimum absolute atomic E-state index is 0.273. The molecule has 3 nitrogen and oxygen atoms in total. The normalized spacial score (nSPS) is 12.6. The van der Waals surface area contributed by atoms with Crippen molar-refractivity contribution in [2.24, 2.45) is 0 Å². The third-order valence-electron chi connectivity index (χ3n) is 3.63. The molecule has 0 fully saturated rings. The zero-order valence-corrected chi connectivity index (χ0v) is 12.7. The number of fused-ring (bicyclic) bond motifs is 1. The van der Waals surface area contributed by atoms with Crippen LogP contribution >= 0.6 is 11.3 Å². The molecule has 2 heterocycles. The molecule has 0 saturated heterocycles. The van der Waals surface area contributed by atoms with Gasteiger partial charge in [0.2, 0.25) is 0 Å². The van der Waals surface area contributed by atoms with Crippen molar-refractivity contribution in [1.29, 1.82) is 0 Å². The van der Waals surface area contributed by atoms with Gasteiger partial charge in [-0.15, -0.1) is 11.3 Å². The van der Waals surface area contributed by atoms with Crippen LogP contribution < -0.4 is 4.90 Å². The topological polar surface area (TPSA) is 29.0 Å². The van der Waals surface area contributed by atoms with Crippen molar-refractivity contribution in [3.63, 3.8) is 0 Å². The van der Waals surface area contributed by atoms with E-state index in [2.05, 4.69) is 66.1 Å². The highest BCUT2D eigenvalue weighted by Gasteiger charge is 2.16. The van der Waals surface area contributed by atoms with Gasteiger partial charge in [-0.05, 0) is 25.5 Å². The fourth-order valence-electron chi connectivity index (χ4n) is 2.38. The van der Waals surface area contributed by atoms with E-state index in [-0.39, 0.29) is 6.04 Å². The highest BCUT2D eigenvalue weighted by Crippen LogP contribution is 2.32. The van der Waals surface area contributed by atoms with E-state index in [1.165, 1.54) is 10.4 Å². The van der Waals surface area contributed by atoms with Gasteiger partial charge < -0.3 is 4.90 Å². The van der Waals surface area contributed by atoms with E-state index in [1.54, 1.807) is 17.7 Å². The molecule has 0 saturated carbocycles. The average molecular weight is 283 g/mol. The number of aryl methyl sites for hydroxylation is 1. The van der Waals surface area contributed by atoms with E-state index in [1.807, 2.05) is 6.07 Å². The summed E-state index contributed by atoms with van der Waals surface area (Å²) in [7, 11) is 2.09. The van der Waals surface area contributed by atoms with E-state index in [9.17, 15) is 0 Å². The molecular weight excluding hydrogens is 266 g/mol. The number of rotatable bonds is 3.